The van der Waals surface area contributed by atoms with E-state index in [2.05, 4.69) is 6.92 Å². The van der Waals surface area contributed by atoms with Crippen LogP contribution in [0.2, 0.25) is 0 Å². The molecule has 0 bridgehead atoms. The predicted molar refractivity (Wildman–Crippen MR) is 57.9 cm³/mol. The van der Waals surface area contributed by atoms with Gasteiger partial charge in [0.2, 0.25) is 5.91 Å². The van der Waals surface area contributed by atoms with Gasteiger partial charge in [-0.1, -0.05) is 13.3 Å². The summed E-state index contributed by atoms with van der Waals surface area (Å²) in [6, 6.07) is 0. The number of hydrogen-bond donors (Lipinski definition) is 1. The highest BCUT2D eigenvalue weighted by atomic mass is 16.2. The number of carbonyl (C=O) groups excluding carboxylic acids is 1. The maximum absolute atomic E-state index is 11.5. The van der Waals surface area contributed by atoms with Crippen molar-refractivity contribution in [3.8, 4) is 0 Å². The first-order valence-electron chi connectivity index (χ1n) is 5.57. The Hall–Kier alpha value is -0.570. The lowest BCUT2D eigenvalue weighted by molar-refractivity contribution is -0.129. The van der Waals surface area contributed by atoms with Gasteiger partial charge >= 0.3 is 0 Å². The Balaban J connectivity index is 2.65. The van der Waals surface area contributed by atoms with E-state index in [0.717, 1.165) is 38.8 Å². The standard InChI is InChI=1S/C11H22N2O/c1-3-5-11(9-12)6-4-10(14)13(2)8-7-11/h3-9,12H2,1-2H3. The molecule has 0 aliphatic carbocycles. The number of hydrogen-bond acceptors (Lipinski definition) is 2. The van der Waals surface area contributed by atoms with E-state index in [1.165, 1.54) is 0 Å². The first kappa shape index (κ1) is 11.5. The van der Waals surface area contributed by atoms with Crippen molar-refractivity contribution < 1.29 is 4.79 Å². The topological polar surface area (TPSA) is 46.3 Å². The molecule has 3 nitrogen and oxygen atoms in total. The first-order valence-corrected chi connectivity index (χ1v) is 5.57. The third kappa shape index (κ3) is 2.47. The second-order valence-electron chi connectivity index (χ2n) is 4.52. The monoisotopic (exact) mass is 198 g/mol. The highest BCUT2D eigenvalue weighted by Gasteiger charge is 2.31. The molecule has 0 spiro atoms. The van der Waals surface area contributed by atoms with Crippen LogP contribution in [0, 0.1) is 5.41 Å². The fourth-order valence-electron chi connectivity index (χ4n) is 2.30. The zero-order chi connectivity index (χ0) is 10.6. The quantitative estimate of drug-likeness (QED) is 0.744. The smallest absolute Gasteiger partial charge is 0.222 e. The number of carbonyl (C=O) groups is 1. The van der Waals surface area contributed by atoms with Gasteiger partial charge < -0.3 is 10.6 Å². The van der Waals surface area contributed by atoms with Gasteiger partial charge in [-0.3, -0.25) is 4.79 Å². The van der Waals surface area contributed by atoms with Crippen LogP contribution < -0.4 is 5.73 Å². The third-order valence-electron chi connectivity index (χ3n) is 3.49. The highest BCUT2D eigenvalue weighted by Crippen LogP contribution is 2.34. The minimum atomic E-state index is 0.231. The van der Waals surface area contributed by atoms with Crippen molar-refractivity contribution in [1.29, 1.82) is 0 Å². The molecule has 0 radical (unpaired) electrons. The van der Waals surface area contributed by atoms with Crippen LogP contribution in [-0.4, -0.2) is 30.9 Å². The molecular weight excluding hydrogens is 176 g/mol. The van der Waals surface area contributed by atoms with Crippen molar-refractivity contribution in [1.82, 2.24) is 4.90 Å². The van der Waals surface area contributed by atoms with Gasteiger partial charge in [0, 0.05) is 20.0 Å². The molecule has 0 aromatic carbocycles. The van der Waals surface area contributed by atoms with E-state index in [1.54, 1.807) is 0 Å². The van der Waals surface area contributed by atoms with Gasteiger partial charge in [0.15, 0.2) is 0 Å². The van der Waals surface area contributed by atoms with Crippen LogP contribution in [0.5, 0.6) is 0 Å². The first-order chi connectivity index (χ1) is 6.63. The molecule has 1 unspecified atom stereocenters. The number of nitrogens with two attached hydrogens (primary N) is 1. The van der Waals surface area contributed by atoms with Crippen LogP contribution >= 0.6 is 0 Å². The summed E-state index contributed by atoms with van der Waals surface area (Å²) in [7, 11) is 1.89. The maximum Gasteiger partial charge on any atom is 0.222 e. The van der Waals surface area contributed by atoms with E-state index < -0.39 is 0 Å². The number of nitrogens with zero attached hydrogens (tertiary/aromatic N) is 1. The summed E-state index contributed by atoms with van der Waals surface area (Å²) in [5, 5.41) is 0. The van der Waals surface area contributed by atoms with Gasteiger partial charge in [0.1, 0.15) is 0 Å². The molecule has 1 atom stereocenters. The molecule has 1 aliphatic rings. The fraction of sp³-hybridized carbons (Fsp3) is 0.909. The van der Waals surface area contributed by atoms with Crippen molar-refractivity contribution >= 4 is 5.91 Å². The van der Waals surface area contributed by atoms with Crippen molar-refractivity contribution in [2.45, 2.75) is 39.0 Å². The van der Waals surface area contributed by atoms with Crippen molar-refractivity contribution in [3.63, 3.8) is 0 Å². The molecular formula is C11H22N2O. The van der Waals surface area contributed by atoms with E-state index in [4.69, 9.17) is 5.73 Å². The van der Waals surface area contributed by atoms with E-state index in [-0.39, 0.29) is 11.3 Å². The van der Waals surface area contributed by atoms with Crippen LogP contribution in [0.1, 0.15) is 39.0 Å². The van der Waals surface area contributed by atoms with Crippen molar-refractivity contribution in [2.24, 2.45) is 11.1 Å². The van der Waals surface area contributed by atoms with Crippen molar-refractivity contribution in [2.75, 3.05) is 20.1 Å². The maximum atomic E-state index is 11.5. The lowest BCUT2D eigenvalue weighted by atomic mass is 9.77. The SMILES string of the molecule is CCCC1(CN)CCC(=O)N(C)CC1. The van der Waals surface area contributed by atoms with Crippen molar-refractivity contribution in [3.05, 3.63) is 0 Å². The summed E-state index contributed by atoms with van der Waals surface area (Å²) in [5.74, 6) is 0.274. The summed E-state index contributed by atoms with van der Waals surface area (Å²) >= 11 is 0. The van der Waals surface area contributed by atoms with Gasteiger partial charge in [0.25, 0.3) is 0 Å². The van der Waals surface area contributed by atoms with Crippen LogP contribution in [-0.2, 0) is 4.79 Å². The molecule has 1 amide bonds. The van der Waals surface area contributed by atoms with E-state index >= 15 is 0 Å². The molecule has 14 heavy (non-hydrogen) atoms. The van der Waals surface area contributed by atoms with Crippen LogP contribution in [0.3, 0.4) is 0 Å². The molecule has 1 fully saturated rings. The number of amides is 1. The zero-order valence-electron chi connectivity index (χ0n) is 9.38. The minimum Gasteiger partial charge on any atom is -0.346 e. The Bertz CT molecular complexity index is 205. The third-order valence-corrected chi connectivity index (χ3v) is 3.49. The van der Waals surface area contributed by atoms with Gasteiger partial charge in [-0.25, -0.2) is 0 Å². The molecule has 1 heterocycles. The van der Waals surface area contributed by atoms with E-state index in [9.17, 15) is 4.79 Å². The summed E-state index contributed by atoms with van der Waals surface area (Å²) < 4.78 is 0. The van der Waals surface area contributed by atoms with Gasteiger partial charge in [-0.2, -0.15) is 0 Å². The Morgan fingerprint density at radius 1 is 1.50 bits per heavy atom. The van der Waals surface area contributed by atoms with Gasteiger partial charge in [0.05, 0.1) is 0 Å². The predicted octanol–water partition coefficient (Wildman–Crippen LogP) is 1.37. The molecule has 1 aliphatic heterocycles. The lowest BCUT2D eigenvalue weighted by Gasteiger charge is -2.30. The van der Waals surface area contributed by atoms with Crippen LogP contribution in [0.15, 0.2) is 0 Å². The second-order valence-corrected chi connectivity index (χ2v) is 4.52. The number of rotatable bonds is 3. The lowest BCUT2D eigenvalue weighted by Crippen LogP contribution is -2.31. The van der Waals surface area contributed by atoms with Crippen LogP contribution in [0.25, 0.3) is 0 Å². The average molecular weight is 198 g/mol. The summed E-state index contributed by atoms with van der Waals surface area (Å²) in [6.45, 7) is 3.78. The Morgan fingerprint density at radius 3 is 2.79 bits per heavy atom. The summed E-state index contributed by atoms with van der Waals surface area (Å²) in [5.41, 5.74) is 6.09. The van der Waals surface area contributed by atoms with Crippen LogP contribution in [0.4, 0.5) is 0 Å². The summed E-state index contributed by atoms with van der Waals surface area (Å²) in [6.07, 6.45) is 5.04. The van der Waals surface area contributed by atoms with Gasteiger partial charge in [-0.05, 0) is 31.2 Å². The Morgan fingerprint density at radius 2 is 2.21 bits per heavy atom. The molecule has 0 aromatic heterocycles. The van der Waals surface area contributed by atoms with E-state index in [0.29, 0.717) is 6.42 Å². The molecule has 2 N–H and O–H groups in total. The molecule has 0 aromatic rings. The molecule has 1 saturated heterocycles. The molecule has 1 rings (SSSR count). The normalized spacial score (nSPS) is 29.1. The molecule has 3 heteroatoms. The number of likely N-dealkylation sites (tertiary alicyclic amines) is 1. The molecule has 82 valence electrons. The zero-order valence-corrected chi connectivity index (χ0v) is 9.38. The summed E-state index contributed by atoms with van der Waals surface area (Å²) in [4.78, 5) is 13.3. The van der Waals surface area contributed by atoms with E-state index in [1.807, 2.05) is 11.9 Å². The largest absolute Gasteiger partial charge is 0.346 e. The fourth-order valence-corrected chi connectivity index (χ4v) is 2.30. The second kappa shape index (κ2) is 4.78. The average Bonchev–Trinajstić information content (AvgIpc) is 2.33. The Labute approximate surface area is 86.6 Å². The highest BCUT2D eigenvalue weighted by molar-refractivity contribution is 5.76. The van der Waals surface area contributed by atoms with Gasteiger partial charge in [-0.15, -0.1) is 0 Å². The molecule has 0 saturated carbocycles. The Kier molecular flexibility index (Phi) is 3.93. The minimum absolute atomic E-state index is 0.231.